The predicted octanol–water partition coefficient (Wildman–Crippen LogP) is 3.38. The Balaban J connectivity index is 3.78. The van der Waals surface area contributed by atoms with E-state index in [2.05, 4.69) is 32.6 Å². The van der Waals surface area contributed by atoms with E-state index in [9.17, 15) is 0 Å². The van der Waals surface area contributed by atoms with E-state index in [1.807, 2.05) is 37.3 Å². The van der Waals surface area contributed by atoms with Crippen LogP contribution in [0.15, 0.2) is 36.5 Å². The summed E-state index contributed by atoms with van der Waals surface area (Å²) in [6.07, 6.45) is 12.0. The van der Waals surface area contributed by atoms with Crippen LogP contribution in [-0.2, 0) is 0 Å². The third-order valence-corrected chi connectivity index (χ3v) is 1.18. The molecule has 0 rings (SSSR count). The molecule has 0 amide bonds. The molecule has 1 heteroatoms. The van der Waals surface area contributed by atoms with Gasteiger partial charge in [0.05, 0.1) is 0 Å². The Labute approximate surface area is 75.1 Å². The van der Waals surface area contributed by atoms with Gasteiger partial charge in [-0.15, -0.1) is 0 Å². The molecule has 11 heavy (non-hydrogen) atoms. The van der Waals surface area contributed by atoms with Gasteiger partial charge in [0.2, 0.25) is 0 Å². The van der Waals surface area contributed by atoms with Crippen LogP contribution in [0.1, 0.15) is 20.8 Å². The highest BCUT2D eigenvalue weighted by molar-refractivity contribution is 7.82. The molecule has 62 valence electrons. The molecule has 0 aromatic heterocycles. The third-order valence-electron chi connectivity index (χ3n) is 1.03. The number of hydrogen-bond donors (Lipinski definition) is 1. The van der Waals surface area contributed by atoms with E-state index in [1.54, 1.807) is 0 Å². The molecule has 0 saturated heterocycles. The van der Waals surface area contributed by atoms with Gasteiger partial charge >= 0.3 is 0 Å². The van der Waals surface area contributed by atoms with E-state index in [-0.39, 0.29) is 4.75 Å². The normalized spacial score (nSPS) is 14.2. The average molecular weight is 168 g/mol. The van der Waals surface area contributed by atoms with Crippen LogP contribution >= 0.6 is 12.6 Å². The molecule has 0 nitrogen and oxygen atoms in total. The molecule has 0 atom stereocenters. The van der Waals surface area contributed by atoms with Crippen molar-refractivity contribution in [3.63, 3.8) is 0 Å². The zero-order chi connectivity index (χ0) is 8.74. The van der Waals surface area contributed by atoms with E-state index in [4.69, 9.17) is 0 Å². The standard InChI is InChI=1S/C10H16S/c1-4-5-6-7-8-9-10(2,3)11/h4-9,11H,1-3H3/b5-4-,7-6-,9-8+. The maximum absolute atomic E-state index is 4.34. The van der Waals surface area contributed by atoms with Gasteiger partial charge in [-0.05, 0) is 20.8 Å². The van der Waals surface area contributed by atoms with Crippen molar-refractivity contribution < 1.29 is 0 Å². The minimum Gasteiger partial charge on any atom is -0.169 e. The Morgan fingerprint density at radius 1 is 1.00 bits per heavy atom. The lowest BCUT2D eigenvalue weighted by atomic mass is 10.2. The molecule has 0 aromatic rings. The maximum atomic E-state index is 4.34. The first-order valence-electron chi connectivity index (χ1n) is 3.76. The molecular weight excluding hydrogens is 152 g/mol. The van der Waals surface area contributed by atoms with Gasteiger partial charge in [-0.3, -0.25) is 0 Å². The van der Waals surface area contributed by atoms with Crippen molar-refractivity contribution in [3.05, 3.63) is 36.5 Å². The highest BCUT2D eigenvalue weighted by atomic mass is 32.1. The van der Waals surface area contributed by atoms with Gasteiger partial charge in [0.25, 0.3) is 0 Å². The Morgan fingerprint density at radius 3 is 2.00 bits per heavy atom. The lowest BCUT2D eigenvalue weighted by Gasteiger charge is -2.08. The van der Waals surface area contributed by atoms with Crippen molar-refractivity contribution in [2.45, 2.75) is 25.5 Å². The minimum absolute atomic E-state index is 0.0136. The molecule has 0 saturated carbocycles. The second kappa shape index (κ2) is 5.25. The number of thiol groups is 1. The summed E-state index contributed by atoms with van der Waals surface area (Å²) in [7, 11) is 0. The molecule has 0 spiro atoms. The van der Waals surface area contributed by atoms with Crippen LogP contribution in [0.4, 0.5) is 0 Å². The summed E-state index contributed by atoms with van der Waals surface area (Å²) >= 11 is 4.34. The van der Waals surface area contributed by atoms with Crippen molar-refractivity contribution in [2.24, 2.45) is 0 Å². The van der Waals surface area contributed by atoms with E-state index < -0.39 is 0 Å². The van der Waals surface area contributed by atoms with Gasteiger partial charge in [-0.2, -0.15) is 12.6 Å². The zero-order valence-electron chi connectivity index (χ0n) is 7.41. The van der Waals surface area contributed by atoms with Crippen molar-refractivity contribution in [1.82, 2.24) is 0 Å². The number of rotatable bonds is 3. The molecule has 0 aliphatic heterocycles. The Kier molecular flexibility index (Phi) is 5.05. The van der Waals surface area contributed by atoms with Crippen LogP contribution in [0.5, 0.6) is 0 Å². The predicted molar refractivity (Wildman–Crippen MR) is 56.2 cm³/mol. The lowest BCUT2D eigenvalue weighted by Crippen LogP contribution is -2.03. The van der Waals surface area contributed by atoms with Gasteiger partial charge < -0.3 is 0 Å². The molecule has 0 radical (unpaired) electrons. The van der Waals surface area contributed by atoms with Gasteiger partial charge in [0.1, 0.15) is 0 Å². The fourth-order valence-electron chi connectivity index (χ4n) is 0.530. The second-order valence-corrected chi connectivity index (χ2v) is 4.08. The molecule has 0 heterocycles. The van der Waals surface area contributed by atoms with Crippen LogP contribution in [0.2, 0.25) is 0 Å². The summed E-state index contributed by atoms with van der Waals surface area (Å²) in [6.45, 7) is 6.10. The first-order chi connectivity index (χ1) is 5.06. The van der Waals surface area contributed by atoms with Gasteiger partial charge in [-0.1, -0.05) is 36.5 Å². The molecule has 0 aliphatic carbocycles. The first-order valence-corrected chi connectivity index (χ1v) is 4.20. The van der Waals surface area contributed by atoms with Crippen LogP contribution in [0, 0.1) is 0 Å². The Bertz CT molecular complexity index is 168. The zero-order valence-corrected chi connectivity index (χ0v) is 8.31. The van der Waals surface area contributed by atoms with Crippen molar-refractivity contribution in [3.8, 4) is 0 Å². The van der Waals surface area contributed by atoms with Gasteiger partial charge in [0, 0.05) is 4.75 Å². The topological polar surface area (TPSA) is 0 Å². The molecule has 0 aromatic carbocycles. The first kappa shape index (κ1) is 10.6. The molecular formula is C10H16S. The van der Waals surface area contributed by atoms with Crippen LogP contribution in [0.25, 0.3) is 0 Å². The molecule has 0 bridgehead atoms. The highest BCUT2D eigenvalue weighted by Gasteiger charge is 2.02. The minimum atomic E-state index is -0.0136. The largest absolute Gasteiger partial charge is 0.169 e. The fraction of sp³-hybridized carbons (Fsp3) is 0.400. The van der Waals surface area contributed by atoms with Crippen LogP contribution in [0.3, 0.4) is 0 Å². The third kappa shape index (κ3) is 9.57. The van der Waals surface area contributed by atoms with E-state index >= 15 is 0 Å². The van der Waals surface area contributed by atoms with E-state index in [0.717, 1.165) is 0 Å². The summed E-state index contributed by atoms with van der Waals surface area (Å²) in [4.78, 5) is 0. The molecule has 0 N–H and O–H groups in total. The fourth-order valence-corrected chi connectivity index (χ4v) is 0.617. The summed E-state index contributed by atoms with van der Waals surface area (Å²) < 4.78 is -0.0136. The summed E-state index contributed by atoms with van der Waals surface area (Å²) in [5.41, 5.74) is 0. The van der Waals surface area contributed by atoms with Crippen LogP contribution < -0.4 is 0 Å². The average Bonchev–Trinajstić information content (AvgIpc) is 1.85. The smallest absolute Gasteiger partial charge is 0.0255 e. The van der Waals surface area contributed by atoms with E-state index in [0.29, 0.717) is 0 Å². The van der Waals surface area contributed by atoms with Crippen LogP contribution in [-0.4, -0.2) is 4.75 Å². The highest BCUT2D eigenvalue weighted by Crippen LogP contribution is 2.12. The number of hydrogen-bond acceptors (Lipinski definition) is 1. The number of allylic oxidation sites excluding steroid dienone is 5. The van der Waals surface area contributed by atoms with Crippen molar-refractivity contribution in [1.29, 1.82) is 0 Å². The van der Waals surface area contributed by atoms with Crippen molar-refractivity contribution >= 4 is 12.6 Å². The maximum Gasteiger partial charge on any atom is 0.0255 e. The second-order valence-electron chi connectivity index (χ2n) is 2.92. The quantitative estimate of drug-likeness (QED) is 0.484. The van der Waals surface area contributed by atoms with Crippen molar-refractivity contribution in [2.75, 3.05) is 0 Å². The molecule has 0 fully saturated rings. The summed E-state index contributed by atoms with van der Waals surface area (Å²) in [5, 5.41) is 0. The summed E-state index contributed by atoms with van der Waals surface area (Å²) in [5.74, 6) is 0. The molecule has 0 aliphatic rings. The lowest BCUT2D eigenvalue weighted by molar-refractivity contribution is 0.908. The van der Waals surface area contributed by atoms with E-state index in [1.165, 1.54) is 0 Å². The summed E-state index contributed by atoms with van der Waals surface area (Å²) in [6, 6.07) is 0. The Morgan fingerprint density at radius 2 is 1.55 bits per heavy atom. The van der Waals surface area contributed by atoms with Gasteiger partial charge in [0.15, 0.2) is 0 Å². The SMILES string of the molecule is C\C=C/C=C\C=C\C(C)(C)S. The Hall–Kier alpha value is -0.430. The monoisotopic (exact) mass is 168 g/mol. The van der Waals surface area contributed by atoms with Gasteiger partial charge in [-0.25, -0.2) is 0 Å². The molecule has 0 unspecified atom stereocenters.